The molecule has 128 valence electrons. The Morgan fingerprint density at radius 1 is 1.25 bits per heavy atom. The minimum Gasteiger partial charge on any atom is -0.494 e. The first kappa shape index (κ1) is 18.1. The molecule has 2 rings (SSSR count). The van der Waals surface area contributed by atoms with Crippen molar-refractivity contribution >= 4 is 17.5 Å². The van der Waals surface area contributed by atoms with Crippen LogP contribution in [0.2, 0.25) is 5.02 Å². The summed E-state index contributed by atoms with van der Waals surface area (Å²) in [6.07, 6.45) is 0.200. The zero-order valence-electron chi connectivity index (χ0n) is 13.5. The van der Waals surface area contributed by atoms with E-state index in [4.69, 9.17) is 21.1 Å². The number of carbonyl (C=O) groups excluding carboxylic acids is 1. The zero-order chi connectivity index (χ0) is 17.5. The molecule has 2 aromatic carbocycles. The normalized spacial score (nSPS) is 11.7. The smallest absolute Gasteiger partial charge is 0.223 e. The highest BCUT2D eigenvalue weighted by molar-refractivity contribution is 6.30. The molecule has 0 saturated carbocycles. The molecule has 0 heterocycles. The monoisotopic (exact) mass is 351 g/mol. The van der Waals surface area contributed by atoms with E-state index < -0.39 is 5.82 Å². The minimum absolute atomic E-state index is 0.173. The van der Waals surface area contributed by atoms with E-state index in [-0.39, 0.29) is 30.7 Å². The van der Waals surface area contributed by atoms with Crippen LogP contribution in [0.4, 0.5) is 4.39 Å². The number of ether oxygens (including phenoxy) is 2. The van der Waals surface area contributed by atoms with Crippen molar-refractivity contribution in [1.82, 2.24) is 5.32 Å². The van der Waals surface area contributed by atoms with E-state index in [0.29, 0.717) is 16.3 Å². The van der Waals surface area contributed by atoms with Gasteiger partial charge in [0.25, 0.3) is 0 Å². The number of amides is 1. The average molecular weight is 352 g/mol. The molecule has 0 radical (unpaired) electrons. The fourth-order valence-corrected chi connectivity index (χ4v) is 2.27. The standard InChI is InChI=1S/C18H19ClFNO3/c1-12(13-3-8-17(23-2)16(20)11-13)21-18(22)9-10-24-15-6-4-14(19)5-7-15/h3-8,11-12H,9-10H2,1-2H3,(H,21,22). The molecular formula is C18H19ClFNO3. The number of benzene rings is 2. The Labute approximate surface area is 145 Å². The molecule has 0 spiro atoms. The van der Waals surface area contributed by atoms with Crippen LogP contribution in [0.3, 0.4) is 0 Å². The molecule has 24 heavy (non-hydrogen) atoms. The van der Waals surface area contributed by atoms with Crippen LogP contribution in [0.1, 0.15) is 24.9 Å². The zero-order valence-corrected chi connectivity index (χ0v) is 14.3. The van der Waals surface area contributed by atoms with Crippen LogP contribution >= 0.6 is 11.6 Å². The predicted molar refractivity (Wildman–Crippen MR) is 91.1 cm³/mol. The van der Waals surface area contributed by atoms with E-state index in [1.807, 2.05) is 0 Å². The Bertz CT molecular complexity index is 691. The molecule has 4 nitrogen and oxygen atoms in total. The Kier molecular flexibility index (Phi) is 6.44. The van der Waals surface area contributed by atoms with Gasteiger partial charge < -0.3 is 14.8 Å². The molecule has 0 bridgehead atoms. The summed E-state index contributed by atoms with van der Waals surface area (Å²) in [5.41, 5.74) is 0.667. The number of halogens is 2. The van der Waals surface area contributed by atoms with Crippen LogP contribution < -0.4 is 14.8 Å². The summed E-state index contributed by atoms with van der Waals surface area (Å²) in [6, 6.07) is 11.2. The highest BCUT2D eigenvalue weighted by Crippen LogP contribution is 2.21. The predicted octanol–water partition coefficient (Wildman–Crippen LogP) is 4.13. The molecule has 0 aliphatic carbocycles. The minimum atomic E-state index is -0.456. The van der Waals surface area contributed by atoms with Crippen LogP contribution in [-0.4, -0.2) is 19.6 Å². The van der Waals surface area contributed by atoms with Gasteiger partial charge in [-0.25, -0.2) is 4.39 Å². The van der Waals surface area contributed by atoms with Gasteiger partial charge >= 0.3 is 0 Å². The summed E-state index contributed by atoms with van der Waals surface area (Å²) in [6.45, 7) is 2.04. The van der Waals surface area contributed by atoms with Gasteiger partial charge in [0.1, 0.15) is 5.75 Å². The maximum absolute atomic E-state index is 13.7. The van der Waals surface area contributed by atoms with Crippen molar-refractivity contribution in [2.45, 2.75) is 19.4 Å². The van der Waals surface area contributed by atoms with Crippen molar-refractivity contribution in [3.05, 3.63) is 58.9 Å². The summed E-state index contributed by atoms with van der Waals surface area (Å²) in [7, 11) is 1.41. The van der Waals surface area contributed by atoms with Crippen molar-refractivity contribution < 1.29 is 18.7 Å². The summed E-state index contributed by atoms with van der Waals surface area (Å²) in [5, 5.41) is 3.43. The number of rotatable bonds is 7. The maximum Gasteiger partial charge on any atom is 0.223 e. The molecule has 1 N–H and O–H groups in total. The number of carbonyl (C=O) groups is 1. The molecule has 0 aliphatic rings. The highest BCUT2D eigenvalue weighted by atomic mass is 35.5. The van der Waals surface area contributed by atoms with E-state index in [0.717, 1.165) is 0 Å². The van der Waals surface area contributed by atoms with Crippen LogP contribution in [-0.2, 0) is 4.79 Å². The van der Waals surface area contributed by atoms with Gasteiger partial charge in [-0.15, -0.1) is 0 Å². The lowest BCUT2D eigenvalue weighted by Gasteiger charge is -2.15. The van der Waals surface area contributed by atoms with Crippen molar-refractivity contribution in [2.75, 3.05) is 13.7 Å². The van der Waals surface area contributed by atoms with Crippen molar-refractivity contribution in [3.63, 3.8) is 0 Å². The van der Waals surface area contributed by atoms with Gasteiger partial charge in [0.2, 0.25) is 5.91 Å². The second-order valence-electron chi connectivity index (χ2n) is 5.24. The number of hydrogen-bond acceptors (Lipinski definition) is 3. The second kappa shape index (κ2) is 8.55. The van der Waals surface area contributed by atoms with Gasteiger partial charge in [0.05, 0.1) is 26.2 Å². The van der Waals surface area contributed by atoms with Gasteiger partial charge in [-0.05, 0) is 48.9 Å². The first-order valence-electron chi connectivity index (χ1n) is 7.50. The van der Waals surface area contributed by atoms with Gasteiger partial charge in [-0.2, -0.15) is 0 Å². The Morgan fingerprint density at radius 2 is 1.96 bits per heavy atom. The maximum atomic E-state index is 13.7. The topological polar surface area (TPSA) is 47.6 Å². The van der Waals surface area contributed by atoms with E-state index in [9.17, 15) is 9.18 Å². The van der Waals surface area contributed by atoms with Crippen molar-refractivity contribution in [1.29, 1.82) is 0 Å². The molecule has 1 unspecified atom stereocenters. The number of methoxy groups -OCH3 is 1. The Balaban J connectivity index is 1.81. The summed E-state index contributed by atoms with van der Waals surface area (Å²) < 4.78 is 24.0. The first-order valence-corrected chi connectivity index (χ1v) is 7.88. The second-order valence-corrected chi connectivity index (χ2v) is 5.67. The molecule has 0 saturated heterocycles. The molecule has 1 amide bonds. The summed E-state index contributed by atoms with van der Waals surface area (Å²) >= 11 is 5.79. The largest absolute Gasteiger partial charge is 0.494 e. The summed E-state index contributed by atoms with van der Waals surface area (Å²) in [5.74, 6) is 0.195. The van der Waals surface area contributed by atoms with E-state index in [2.05, 4.69) is 5.32 Å². The Hall–Kier alpha value is -2.27. The van der Waals surface area contributed by atoms with Crippen molar-refractivity contribution in [3.8, 4) is 11.5 Å². The van der Waals surface area contributed by atoms with Crippen LogP contribution in [0.25, 0.3) is 0 Å². The molecule has 0 aromatic heterocycles. The van der Waals surface area contributed by atoms with Crippen molar-refractivity contribution in [2.24, 2.45) is 0 Å². The van der Waals surface area contributed by atoms with Gasteiger partial charge in [0.15, 0.2) is 11.6 Å². The third-order valence-electron chi connectivity index (χ3n) is 3.46. The lowest BCUT2D eigenvalue weighted by molar-refractivity contribution is -0.122. The molecule has 6 heteroatoms. The first-order chi connectivity index (χ1) is 11.5. The van der Waals surface area contributed by atoms with E-state index >= 15 is 0 Å². The lowest BCUT2D eigenvalue weighted by atomic mass is 10.1. The average Bonchev–Trinajstić information content (AvgIpc) is 2.56. The molecule has 2 aromatic rings. The van der Waals surface area contributed by atoms with Gasteiger partial charge in [-0.3, -0.25) is 4.79 Å². The third-order valence-corrected chi connectivity index (χ3v) is 3.72. The molecule has 0 aliphatic heterocycles. The molecule has 1 atom stereocenters. The van der Waals surface area contributed by atoms with E-state index in [1.165, 1.54) is 19.2 Å². The quantitative estimate of drug-likeness (QED) is 0.815. The fourth-order valence-electron chi connectivity index (χ4n) is 2.14. The number of nitrogens with one attached hydrogen (secondary N) is 1. The van der Waals surface area contributed by atoms with Gasteiger partial charge in [0, 0.05) is 5.02 Å². The third kappa shape index (κ3) is 5.13. The lowest BCUT2D eigenvalue weighted by Crippen LogP contribution is -2.27. The van der Waals surface area contributed by atoms with Crippen LogP contribution in [0.5, 0.6) is 11.5 Å². The fraction of sp³-hybridized carbons (Fsp3) is 0.278. The SMILES string of the molecule is COc1ccc(C(C)NC(=O)CCOc2ccc(Cl)cc2)cc1F. The number of hydrogen-bond donors (Lipinski definition) is 1. The molecular weight excluding hydrogens is 333 g/mol. The van der Waals surface area contributed by atoms with Crippen LogP contribution in [0, 0.1) is 5.82 Å². The van der Waals surface area contributed by atoms with Gasteiger partial charge in [-0.1, -0.05) is 17.7 Å². The summed E-state index contributed by atoms with van der Waals surface area (Å²) in [4.78, 5) is 11.9. The highest BCUT2D eigenvalue weighted by Gasteiger charge is 2.12. The molecule has 0 fully saturated rings. The Morgan fingerprint density at radius 3 is 2.58 bits per heavy atom. The van der Waals surface area contributed by atoms with Crippen LogP contribution in [0.15, 0.2) is 42.5 Å². The van der Waals surface area contributed by atoms with E-state index in [1.54, 1.807) is 37.3 Å².